The van der Waals surface area contributed by atoms with E-state index in [2.05, 4.69) is 9.55 Å². The van der Waals surface area contributed by atoms with Gasteiger partial charge in [-0.3, -0.25) is 4.79 Å². The van der Waals surface area contributed by atoms with Crippen molar-refractivity contribution in [2.45, 2.75) is 39.2 Å². The Bertz CT molecular complexity index is 767. The molecule has 0 saturated carbocycles. The molecule has 1 saturated heterocycles. The fourth-order valence-corrected chi connectivity index (χ4v) is 3.54. The van der Waals surface area contributed by atoms with Crippen molar-refractivity contribution in [3.05, 3.63) is 53.6 Å². The lowest BCUT2D eigenvalue weighted by Crippen LogP contribution is -2.28. The van der Waals surface area contributed by atoms with Crippen molar-refractivity contribution in [1.29, 1.82) is 0 Å². The standard InChI is InChI=1S/C20H25N3O3/c1-15-21-9-12-22(15)10-2-3-19(24)23-11-8-17(14-23)13-16-4-6-18(7-5-16)20(25)26/h4-7,9,12,17H,2-3,8,10-11,13-14H2,1H3,(H,25,26). The molecule has 0 aliphatic carbocycles. The predicted molar refractivity (Wildman–Crippen MR) is 98.0 cm³/mol. The number of hydrogen-bond acceptors (Lipinski definition) is 3. The molecule has 1 aromatic heterocycles. The van der Waals surface area contributed by atoms with E-state index < -0.39 is 5.97 Å². The number of benzene rings is 1. The van der Waals surface area contributed by atoms with Crippen LogP contribution in [0.4, 0.5) is 0 Å². The summed E-state index contributed by atoms with van der Waals surface area (Å²) < 4.78 is 2.07. The average molecular weight is 355 g/mol. The first-order valence-corrected chi connectivity index (χ1v) is 9.10. The molecule has 2 aromatic rings. The maximum Gasteiger partial charge on any atom is 0.335 e. The zero-order valence-corrected chi connectivity index (χ0v) is 15.1. The molecule has 26 heavy (non-hydrogen) atoms. The van der Waals surface area contributed by atoms with E-state index in [0.717, 1.165) is 50.3 Å². The van der Waals surface area contributed by atoms with Crippen LogP contribution < -0.4 is 0 Å². The highest BCUT2D eigenvalue weighted by atomic mass is 16.4. The smallest absolute Gasteiger partial charge is 0.335 e. The molecule has 0 spiro atoms. The number of carboxylic acid groups (broad SMARTS) is 1. The van der Waals surface area contributed by atoms with E-state index in [-0.39, 0.29) is 5.91 Å². The summed E-state index contributed by atoms with van der Waals surface area (Å²) in [6, 6.07) is 7.05. The molecular formula is C20H25N3O3. The van der Waals surface area contributed by atoms with Crippen LogP contribution in [0.25, 0.3) is 0 Å². The second kappa shape index (κ2) is 8.17. The van der Waals surface area contributed by atoms with Gasteiger partial charge in [-0.05, 0) is 49.8 Å². The van der Waals surface area contributed by atoms with Crippen molar-refractivity contribution in [3.8, 4) is 0 Å². The van der Waals surface area contributed by atoms with Crippen LogP contribution in [-0.2, 0) is 17.8 Å². The summed E-state index contributed by atoms with van der Waals surface area (Å²) in [5.41, 5.74) is 1.44. The third-order valence-electron chi connectivity index (χ3n) is 5.08. The largest absolute Gasteiger partial charge is 0.478 e. The second-order valence-electron chi connectivity index (χ2n) is 6.97. The summed E-state index contributed by atoms with van der Waals surface area (Å²) in [4.78, 5) is 29.5. The Morgan fingerprint density at radius 1 is 1.27 bits per heavy atom. The Morgan fingerprint density at radius 3 is 2.69 bits per heavy atom. The van der Waals surface area contributed by atoms with Gasteiger partial charge in [0.2, 0.25) is 5.91 Å². The number of carbonyl (C=O) groups is 2. The summed E-state index contributed by atoms with van der Waals surface area (Å²) in [5, 5.41) is 8.95. The molecule has 6 heteroatoms. The van der Waals surface area contributed by atoms with Crippen molar-refractivity contribution < 1.29 is 14.7 Å². The molecule has 2 heterocycles. The summed E-state index contributed by atoms with van der Waals surface area (Å²) >= 11 is 0. The monoisotopic (exact) mass is 355 g/mol. The molecule has 1 fully saturated rings. The van der Waals surface area contributed by atoms with Crippen LogP contribution in [0.5, 0.6) is 0 Å². The highest BCUT2D eigenvalue weighted by Crippen LogP contribution is 2.22. The fourth-order valence-electron chi connectivity index (χ4n) is 3.54. The minimum atomic E-state index is -0.903. The van der Waals surface area contributed by atoms with Crippen molar-refractivity contribution in [1.82, 2.24) is 14.5 Å². The number of aryl methyl sites for hydroxylation is 2. The fraction of sp³-hybridized carbons (Fsp3) is 0.450. The molecule has 1 N–H and O–H groups in total. The van der Waals surface area contributed by atoms with Gasteiger partial charge >= 0.3 is 5.97 Å². The first-order valence-electron chi connectivity index (χ1n) is 9.10. The quantitative estimate of drug-likeness (QED) is 0.829. The number of hydrogen-bond donors (Lipinski definition) is 1. The third-order valence-corrected chi connectivity index (χ3v) is 5.08. The molecule has 3 rings (SSSR count). The molecule has 6 nitrogen and oxygen atoms in total. The van der Waals surface area contributed by atoms with Crippen LogP contribution in [0.3, 0.4) is 0 Å². The number of carboxylic acids is 1. The van der Waals surface area contributed by atoms with E-state index in [4.69, 9.17) is 5.11 Å². The maximum atomic E-state index is 12.4. The first-order chi connectivity index (χ1) is 12.5. The van der Waals surface area contributed by atoms with E-state index in [1.807, 2.05) is 30.2 Å². The Kier molecular flexibility index (Phi) is 5.71. The van der Waals surface area contributed by atoms with Gasteiger partial charge in [-0.1, -0.05) is 12.1 Å². The van der Waals surface area contributed by atoms with Crippen LogP contribution in [0.15, 0.2) is 36.7 Å². The number of amides is 1. The first kappa shape index (κ1) is 18.2. The number of carbonyl (C=O) groups excluding carboxylic acids is 1. The molecule has 138 valence electrons. The average Bonchev–Trinajstić information content (AvgIpc) is 3.25. The second-order valence-corrected chi connectivity index (χ2v) is 6.97. The molecule has 0 radical (unpaired) electrons. The molecule has 1 atom stereocenters. The summed E-state index contributed by atoms with van der Waals surface area (Å²) in [7, 11) is 0. The minimum Gasteiger partial charge on any atom is -0.478 e. The van der Waals surface area contributed by atoms with E-state index in [0.29, 0.717) is 17.9 Å². The predicted octanol–water partition coefficient (Wildman–Crippen LogP) is 2.76. The van der Waals surface area contributed by atoms with E-state index in [1.165, 1.54) is 0 Å². The highest BCUT2D eigenvalue weighted by molar-refractivity contribution is 5.87. The number of likely N-dealkylation sites (tertiary alicyclic amines) is 1. The lowest BCUT2D eigenvalue weighted by molar-refractivity contribution is -0.130. The summed E-state index contributed by atoms with van der Waals surface area (Å²) in [6.45, 7) is 4.41. The Hall–Kier alpha value is -2.63. The van der Waals surface area contributed by atoms with Gasteiger partial charge in [-0.2, -0.15) is 0 Å². The van der Waals surface area contributed by atoms with Crippen LogP contribution in [-0.4, -0.2) is 44.5 Å². The maximum absolute atomic E-state index is 12.4. The summed E-state index contributed by atoms with van der Waals surface area (Å²) in [6.07, 6.45) is 7.02. The van der Waals surface area contributed by atoms with Crippen molar-refractivity contribution in [2.75, 3.05) is 13.1 Å². The number of nitrogens with zero attached hydrogens (tertiary/aromatic N) is 3. The van der Waals surface area contributed by atoms with Crippen LogP contribution in [0.2, 0.25) is 0 Å². The van der Waals surface area contributed by atoms with Crippen LogP contribution in [0, 0.1) is 12.8 Å². The number of imidazole rings is 1. The SMILES string of the molecule is Cc1nccn1CCCC(=O)N1CCC(Cc2ccc(C(=O)O)cc2)C1. The molecular weight excluding hydrogens is 330 g/mol. The minimum absolute atomic E-state index is 0.228. The number of aromatic carboxylic acids is 1. The summed E-state index contributed by atoms with van der Waals surface area (Å²) in [5.74, 6) is 0.754. The van der Waals surface area contributed by atoms with Gasteiger partial charge in [0.15, 0.2) is 0 Å². The van der Waals surface area contributed by atoms with E-state index in [1.54, 1.807) is 18.3 Å². The van der Waals surface area contributed by atoms with Gasteiger partial charge in [0, 0.05) is 38.4 Å². The molecule has 1 aliphatic heterocycles. The van der Waals surface area contributed by atoms with Crippen LogP contribution in [0.1, 0.15) is 41.0 Å². The topological polar surface area (TPSA) is 75.4 Å². The highest BCUT2D eigenvalue weighted by Gasteiger charge is 2.26. The van der Waals surface area contributed by atoms with E-state index >= 15 is 0 Å². The lowest BCUT2D eigenvalue weighted by atomic mass is 9.98. The number of aromatic nitrogens is 2. The van der Waals surface area contributed by atoms with Gasteiger partial charge < -0.3 is 14.6 Å². The Balaban J connectivity index is 1.43. The van der Waals surface area contributed by atoms with Crippen molar-refractivity contribution >= 4 is 11.9 Å². The third kappa shape index (κ3) is 4.50. The molecule has 1 amide bonds. The van der Waals surface area contributed by atoms with Gasteiger partial charge in [0.1, 0.15) is 5.82 Å². The molecule has 0 bridgehead atoms. The Labute approximate surface area is 153 Å². The van der Waals surface area contributed by atoms with Gasteiger partial charge in [0.05, 0.1) is 5.56 Å². The van der Waals surface area contributed by atoms with Gasteiger partial charge in [-0.15, -0.1) is 0 Å². The molecule has 1 aromatic carbocycles. The van der Waals surface area contributed by atoms with Crippen LogP contribution >= 0.6 is 0 Å². The normalized spacial score (nSPS) is 16.8. The zero-order chi connectivity index (χ0) is 18.5. The Morgan fingerprint density at radius 2 is 2.04 bits per heavy atom. The van der Waals surface area contributed by atoms with Gasteiger partial charge in [-0.25, -0.2) is 9.78 Å². The van der Waals surface area contributed by atoms with E-state index in [9.17, 15) is 9.59 Å². The van der Waals surface area contributed by atoms with Gasteiger partial charge in [0.25, 0.3) is 0 Å². The number of rotatable bonds is 7. The van der Waals surface area contributed by atoms with Crippen molar-refractivity contribution in [2.24, 2.45) is 5.92 Å². The zero-order valence-electron chi connectivity index (χ0n) is 15.1. The van der Waals surface area contributed by atoms with Crippen molar-refractivity contribution in [3.63, 3.8) is 0 Å². The molecule has 1 unspecified atom stereocenters. The molecule has 1 aliphatic rings. The lowest BCUT2D eigenvalue weighted by Gasteiger charge is -2.17.